The average molecular weight is 513 g/mol. The molecule has 0 aliphatic rings. The van der Waals surface area contributed by atoms with Gasteiger partial charge in [0.05, 0.1) is 17.7 Å². The van der Waals surface area contributed by atoms with Crippen LogP contribution < -0.4 is 20.1 Å². The Kier molecular flexibility index (Phi) is 9.07. The number of rotatable bonds is 9. The second-order valence-electron chi connectivity index (χ2n) is 7.01. The molecule has 5 nitrogen and oxygen atoms in total. The van der Waals surface area contributed by atoms with Crippen molar-refractivity contribution in [3.05, 3.63) is 88.4 Å². The van der Waals surface area contributed by atoms with E-state index in [0.29, 0.717) is 29.0 Å². The minimum absolute atomic E-state index is 0.210. The molecule has 0 radical (unpaired) electrons. The van der Waals surface area contributed by atoms with E-state index in [0.717, 1.165) is 24.3 Å². The van der Waals surface area contributed by atoms with E-state index in [1.54, 1.807) is 18.2 Å². The van der Waals surface area contributed by atoms with Crippen LogP contribution in [0.1, 0.15) is 29.3 Å². The van der Waals surface area contributed by atoms with Crippen LogP contribution in [0.25, 0.3) is 0 Å². The molecule has 0 heterocycles. The van der Waals surface area contributed by atoms with E-state index in [1.807, 2.05) is 42.5 Å². The van der Waals surface area contributed by atoms with Gasteiger partial charge in [0.2, 0.25) is 0 Å². The van der Waals surface area contributed by atoms with Crippen molar-refractivity contribution in [3.63, 3.8) is 0 Å². The number of halogens is 1. The Morgan fingerprint density at radius 2 is 1.78 bits per heavy atom. The van der Waals surface area contributed by atoms with Crippen LogP contribution in [-0.4, -0.2) is 24.2 Å². The van der Waals surface area contributed by atoms with Crippen molar-refractivity contribution < 1.29 is 14.3 Å². The Bertz CT molecular complexity index is 1060. The molecule has 166 valence electrons. The Hall–Kier alpha value is -2.90. The number of benzene rings is 3. The summed E-state index contributed by atoms with van der Waals surface area (Å²) in [6.45, 7) is 3.24. The number of amides is 1. The number of thiocarbonyl (C=S) groups is 1. The lowest BCUT2D eigenvalue weighted by Crippen LogP contribution is -2.34. The summed E-state index contributed by atoms with van der Waals surface area (Å²) < 4.78 is 12.2. The van der Waals surface area contributed by atoms with Gasteiger partial charge in [-0.1, -0.05) is 43.3 Å². The van der Waals surface area contributed by atoms with Crippen molar-refractivity contribution in [3.8, 4) is 11.5 Å². The zero-order valence-corrected chi connectivity index (χ0v) is 20.2. The monoisotopic (exact) mass is 512 g/mol. The lowest BCUT2D eigenvalue weighted by molar-refractivity contribution is 0.0977. The highest BCUT2D eigenvalue weighted by atomic mass is 79.9. The molecule has 0 saturated carbocycles. The highest BCUT2D eigenvalue weighted by Crippen LogP contribution is 2.26. The van der Waals surface area contributed by atoms with Crippen molar-refractivity contribution in [2.75, 3.05) is 18.5 Å². The maximum Gasteiger partial charge on any atom is 0.257 e. The fraction of sp³-hybridized carbons (Fsp3) is 0.200. The van der Waals surface area contributed by atoms with Crippen LogP contribution in [0.2, 0.25) is 0 Å². The van der Waals surface area contributed by atoms with Gasteiger partial charge in [-0.3, -0.25) is 10.1 Å². The van der Waals surface area contributed by atoms with Crippen molar-refractivity contribution in [2.24, 2.45) is 0 Å². The summed E-state index contributed by atoms with van der Waals surface area (Å²) >= 11 is 8.77. The number of carbonyl (C=O) groups is 1. The molecule has 0 bridgehead atoms. The predicted octanol–water partition coefficient (Wildman–Crippen LogP) is 5.99. The molecule has 0 aromatic heterocycles. The highest BCUT2D eigenvalue weighted by molar-refractivity contribution is 9.10. The fourth-order valence-electron chi connectivity index (χ4n) is 2.90. The van der Waals surface area contributed by atoms with Crippen LogP contribution in [-0.2, 0) is 6.42 Å². The van der Waals surface area contributed by atoms with Gasteiger partial charge in [-0.15, -0.1) is 0 Å². The molecule has 0 saturated heterocycles. The number of nitrogens with one attached hydrogen (secondary N) is 2. The first-order valence-corrected chi connectivity index (χ1v) is 11.6. The molecule has 3 aromatic rings. The Balaban J connectivity index is 1.52. The van der Waals surface area contributed by atoms with Crippen LogP contribution in [0.3, 0.4) is 0 Å². The van der Waals surface area contributed by atoms with Gasteiger partial charge in [0.25, 0.3) is 5.91 Å². The van der Waals surface area contributed by atoms with Gasteiger partial charge in [0, 0.05) is 23.7 Å². The quantitative estimate of drug-likeness (QED) is 0.345. The standard InChI is InChI=1S/C25H25BrN2O3S/c1-2-14-30-21-10-6-9-20(17-21)27-25(32)28-24(29)19-11-12-23(22(26)16-19)31-15-13-18-7-4-3-5-8-18/h3-12,16-17H,2,13-15H2,1H3,(H2,27,28,29,32). The average Bonchev–Trinajstić information content (AvgIpc) is 2.79. The van der Waals surface area contributed by atoms with Gasteiger partial charge in [-0.25, -0.2) is 0 Å². The first kappa shape index (κ1) is 23.8. The lowest BCUT2D eigenvalue weighted by Gasteiger charge is -2.12. The molecule has 32 heavy (non-hydrogen) atoms. The molecule has 0 spiro atoms. The molecule has 0 aliphatic carbocycles. The van der Waals surface area contributed by atoms with Crippen molar-refractivity contribution >= 4 is 44.9 Å². The van der Waals surface area contributed by atoms with Gasteiger partial charge < -0.3 is 14.8 Å². The van der Waals surface area contributed by atoms with Crippen LogP contribution in [0.4, 0.5) is 5.69 Å². The topological polar surface area (TPSA) is 59.6 Å². The summed E-state index contributed by atoms with van der Waals surface area (Å²) in [4.78, 5) is 12.6. The summed E-state index contributed by atoms with van der Waals surface area (Å²) in [6, 6.07) is 22.8. The highest BCUT2D eigenvalue weighted by Gasteiger charge is 2.11. The van der Waals surface area contributed by atoms with E-state index in [1.165, 1.54) is 5.56 Å². The number of ether oxygens (including phenoxy) is 2. The summed E-state index contributed by atoms with van der Waals surface area (Å²) in [5.41, 5.74) is 2.42. The summed E-state index contributed by atoms with van der Waals surface area (Å²) in [7, 11) is 0. The molecular formula is C25H25BrN2O3S. The molecule has 3 rings (SSSR count). The van der Waals surface area contributed by atoms with E-state index in [9.17, 15) is 4.79 Å². The van der Waals surface area contributed by atoms with Crippen LogP contribution in [0, 0.1) is 0 Å². The predicted molar refractivity (Wildman–Crippen MR) is 136 cm³/mol. The number of carbonyl (C=O) groups excluding carboxylic acids is 1. The van der Waals surface area contributed by atoms with Crippen LogP contribution >= 0.6 is 28.1 Å². The van der Waals surface area contributed by atoms with Crippen molar-refractivity contribution in [1.29, 1.82) is 0 Å². The van der Waals surface area contributed by atoms with Crippen LogP contribution in [0.5, 0.6) is 11.5 Å². The fourth-order valence-corrected chi connectivity index (χ4v) is 3.61. The normalized spacial score (nSPS) is 10.3. The Labute approximate surface area is 202 Å². The first-order valence-electron chi connectivity index (χ1n) is 10.4. The molecule has 2 N–H and O–H groups in total. The molecular weight excluding hydrogens is 488 g/mol. The third kappa shape index (κ3) is 7.35. The van der Waals surface area contributed by atoms with E-state index in [2.05, 4.69) is 45.6 Å². The lowest BCUT2D eigenvalue weighted by atomic mass is 10.2. The maximum absolute atomic E-state index is 12.6. The second-order valence-corrected chi connectivity index (χ2v) is 8.28. The zero-order chi connectivity index (χ0) is 22.8. The molecule has 0 aliphatic heterocycles. The minimum atomic E-state index is -0.308. The molecule has 7 heteroatoms. The second kappa shape index (κ2) is 12.2. The van der Waals surface area contributed by atoms with Gasteiger partial charge in [0.1, 0.15) is 11.5 Å². The largest absolute Gasteiger partial charge is 0.494 e. The van der Waals surface area contributed by atoms with Gasteiger partial charge in [-0.05, 0) is 70.5 Å². The summed E-state index contributed by atoms with van der Waals surface area (Å²) in [5, 5.41) is 5.92. The first-order chi connectivity index (χ1) is 15.5. The van der Waals surface area contributed by atoms with E-state index < -0.39 is 0 Å². The van der Waals surface area contributed by atoms with Gasteiger partial charge >= 0.3 is 0 Å². The maximum atomic E-state index is 12.6. The van der Waals surface area contributed by atoms with Crippen molar-refractivity contribution in [1.82, 2.24) is 5.32 Å². The van der Waals surface area contributed by atoms with Crippen LogP contribution in [0.15, 0.2) is 77.3 Å². The third-order valence-corrected chi connectivity index (χ3v) is 5.30. The third-order valence-electron chi connectivity index (χ3n) is 4.48. The molecule has 3 aromatic carbocycles. The Morgan fingerprint density at radius 1 is 0.969 bits per heavy atom. The molecule has 1 amide bonds. The number of anilines is 1. The SMILES string of the molecule is CCCOc1cccc(NC(=S)NC(=O)c2ccc(OCCc3ccccc3)c(Br)c2)c1. The smallest absolute Gasteiger partial charge is 0.257 e. The van der Waals surface area contributed by atoms with Gasteiger partial charge in [0.15, 0.2) is 5.11 Å². The number of hydrogen-bond acceptors (Lipinski definition) is 4. The number of hydrogen-bond donors (Lipinski definition) is 2. The molecule has 0 unspecified atom stereocenters. The summed E-state index contributed by atoms with van der Waals surface area (Å²) in [6.07, 6.45) is 1.73. The summed E-state index contributed by atoms with van der Waals surface area (Å²) in [5.74, 6) is 1.12. The van der Waals surface area contributed by atoms with Gasteiger partial charge in [-0.2, -0.15) is 0 Å². The van der Waals surface area contributed by atoms with E-state index in [-0.39, 0.29) is 11.0 Å². The zero-order valence-electron chi connectivity index (χ0n) is 17.8. The van der Waals surface area contributed by atoms with E-state index >= 15 is 0 Å². The van der Waals surface area contributed by atoms with Crippen molar-refractivity contribution in [2.45, 2.75) is 19.8 Å². The minimum Gasteiger partial charge on any atom is -0.494 e. The molecule has 0 fully saturated rings. The molecule has 0 atom stereocenters. The Morgan fingerprint density at radius 3 is 2.53 bits per heavy atom. The van der Waals surface area contributed by atoms with E-state index in [4.69, 9.17) is 21.7 Å².